The first-order valence-corrected chi connectivity index (χ1v) is 7.11. The fourth-order valence-electron chi connectivity index (χ4n) is 2.79. The van der Waals surface area contributed by atoms with Crippen LogP contribution < -0.4 is 5.73 Å². The standard InChI is InChI=1S/C17H20N2O/c1-12-6-8-19-16(10-12)15(18)11-17-14-5-3-2-4-13(14)7-9-20-17/h2-6,8,10,15,17H,7,9,11,18H2,1H3. The molecule has 1 aromatic carbocycles. The molecule has 0 spiro atoms. The minimum Gasteiger partial charge on any atom is -0.373 e. The van der Waals surface area contributed by atoms with E-state index in [0.29, 0.717) is 0 Å². The summed E-state index contributed by atoms with van der Waals surface area (Å²) in [5, 5.41) is 0. The van der Waals surface area contributed by atoms with Gasteiger partial charge in [0.25, 0.3) is 0 Å². The fourth-order valence-corrected chi connectivity index (χ4v) is 2.79. The van der Waals surface area contributed by atoms with Gasteiger partial charge in [0.2, 0.25) is 0 Å². The predicted octanol–water partition coefficient (Wildman–Crippen LogP) is 3.09. The lowest BCUT2D eigenvalue weighted by Crippen LogP contribution is -2.22. The highest BCUT2D eigenvalue weighted by Crippen LogP contribution is 2.33. The first kappa shape index (κ1) is 13.3. The van der Waals surface area contributed by atoms with E-state index in [0.717, 1.165) is 25.1 Å². The van der Waals surface area contributed by atoms with Crippen molar-refractivity contribution in [3.63, 3.8) is 0 Å². The Morgan fingerprint density at radius 3 is 3.05 bits per heavy atom. The molecule has 0 bridgehead atoms. The summed E-state index contributed by atoms with van der Waals surface area (Å²) >= 11 is 0. The van der Waals surface area contributed by atoms with E-state index < -0.39 is 0 Å². The smallest absolute Gasteiger partial charge is 0.0846 e. The van der Waals surface area contributed by atoms with Crippen molar-refractivity contribution >= 4 is 0 Å². The summed E-state index contributed by atoms with van der Waals surface area (Å²) in [4.78, 5) is 4.38. The number of fused-ring (bicyclic) bond motifs is 1. The highest BCUT2D eigenvalue weighted by molar-refractivity contribution is 5.31. The van der Waals surface area contributed by atoms with Gasteiger partial charge in [-0.2, -0.15) is 0 Å². The van der Waals surface area contributed by atoms with Gasteiger partial charge in [-0.3, -0.25) is 4.98 Å². The zero-order valence-corrected chi connectivity index (χ0v) is 11.8. The molecule has 0 radical (unpaired) electrons. The topological polar surface area (TPSA) is 48.1 Å². The van der Waals surface area contributed by atoms with Gasteiger partial charge < -0.3 is 10.5 Å². The van der Waals surface area contributed by atoms with Crippen molar-refractivity contribution in [2.24, 2.45) is 5.73 Å². The Balaban J connectivity index is 1.79. The molecule has 0 saturated carbocycles. The average Bonchev–Trinajstić information content (AvgIpc) is 2.47. The second kappa shape index (κ2) is 5.73. The van der Waals surface area contributed by atoms with E-state index in [1.165, 1.54) is 16.7 Å². The van der Waals surface area contributed by atoms with Crippen molar-refractivity contribution in [2.45, 2.75) is 31.9 Å². The second-order valence-corrected chi connectivity index (χ2v) is 5.41. The molecule has 3 rings (SSSR count). The maximum atomic E-state index is 6.31. The molecule has 2 unspecified atom stereocenters. The number of nitrogens with zero attached hydrogens (tertiary/aromatic N) is 1. The van der Waals surface area contributed by atoms with Gasteiger partial charge in [-0.25, -0.2) is 0 Å². The molecule has 2 atom stereocenters. The second-order valence-electron chi connectivity index (χ2n) is 5.41. The number of rotatable bonds is 3. The summed E-state index contributed by atoms with van der Waals surface area (Å²) in [5.74, 6) is 0. The Hall–Kier alpha value is -1.71. The molecule has 0 saturated heterocycles. The SMILES string of the molecule is Cc1ccnc(C(N)CC2OCCc3ccccc32)c1. The van der Waals surface area contributed by atoms with E-state index in [1.54, 1.807) is 0 Å². The maximum Gasteiger partial charge on any atom is 0.0846 e. The van der Waals surface area contributed by atoms with Crippen molar-refractivity contribution in [3.8, 4) is 0 Å². The van der Waals surface area contributed by atoms with E-state index in [2.05, 4.69) is 42.2 Å². The quantitative estimate of drug-likeness (QED) is 0.930. The lowest BCUT2D eigenvalue weighted by atomic mass is 9.93. The minimum atomic E-state index is -0.0916. The Morgan fingerprint density at radius 1 is 1.35 bits per heavy atom. The Bertz CT molecular complexity index is 597. The first-order valence-electron chi connectivity index (χ1n) is 7.11. The van der Waals surface area contributed by atoms with Gasteiger partial charge in [0, 0.05) is 12.2 Å². The number of ether oxygens (including phenoxy) is 1. The van der Waals surface area contributed by atoms with Crippen LogP contribution in [0.1, 0.15) is 41.0 Å². The fraction of sp³-hybridized carbons (Fsp3) is 0.353. The summed E-state index contributed by atoms with van der Waals surface area (Å²) in [6.07, 6.45) is 3.66. The van der Waals surface area contributed by atoms with Crippen LogP contribution in [0.3, 0.4) is 0 Å². The van der Waals surface area contributed by atoms with Crippen LogP contribution >= 0.6 is 0 Å². The molecule has 1 aromatic heterocycles. The molecule has 0 aliphatic carbocycles. The molecule has 2 heterocycles. The molecule has 2 aromatic rings. The van der Waals surface area contributed by atoms with Crippen LogP contribution in [0.25, 0.3) is 0 Å². The molecule has 0 amide bonds. The number of hydrogen-bond acceptors (Lipinski definition) is 3. The van der Waals surface area contributed by atoms with Gasteiger partial charge in [0.15, 0.2) is 0 Å². The third kappa shape index (κ3) is 2.74. The lowest BCUT2D eigenvalue weighted by Gasteiger charge is -2.28. The Labute approximate surface area is 119 Å². The summed E-state index contributed by atoms with van der Waals surface area (Å²) in [6, 6.07) is 12.4. The summed E-state index contributed by atoms with van der Waals surface area (Å²) < 4.78 is 5.92. The van der Waals surface area contributed by atoms with Gasteiger partial charge >= 0.3 is 0 Å². The van der Waals surface area contributed by atoms with E-state index in [-0.39, 0.29) is 12.1 Å². The molecule has 3 heteroatoms. The maximum absolute atomic E-state index is 6.31. The largest absolute Gasteiger partial charge is 0.373 e. The molecule has 104 valence electrons. The molecular formula is C17H20N2O. The van der Waals surface area contributed by atoms with Crippen LogP contribution in [0.15, 0.2) is 42.6 Å². The highest BCUT2D eigenvalue weighted by Gasteiger charge is 2.23. The number of benzene rings is 1. The Kier molecular flexibility index (Phi) is 3.81. The zero-order chi connectivity index (χ0) is 13.9. The van der Waals surface area contributed by atoms with Gasteiger partial charge in [-0.05, 0) is 48.6 Å². The molecule has 2 N–H and O–H groups in total. The predicted molar refractivity (Wildman–Crippen MR) is 79.4 cm³/mol. The summed E-state index contributed by atoms with van der Waals surface area (Å²) in [6.45, 7) is 2.83. The summed E-state index contributed by atoms with van der Waals surface area (Å²) in [7, 11) is 0. The highest BCUT2D eigenvalue weighted by atomic mass is 16.5. The van der Waals surface area contributed by atoms with E-state index in [4.69, 9.17) is 10.5 Å². The molecule has 1 aliphatic heterocycles. The number of hydrogen-bond donors (Lipinski definition) is 1. The molecule has 20 heavy (non-hydrogen) atoms. The van der Waals surface area contributed by atoms with E-state index in [9.17, 15) is 0 Å². The van der Waals surface area contributed by atoms with Crippen molar-refractivity contribution in [1.29, 1.82) is 0 Å². The van der Waals surface area contributed by atoms with Crippen molar-refractivity contribution in [1.82, 2.24) is 4.98 Å². The van der Waals surface area contributed by atoms with Crippen molar-refractivity contribution in [3.05, 3.63) is 65.0 Å². The van der Waals surface area contributed by atoms with Gasteiger partial charge in [-0.15, -0.1) is 0 Å². The van der Waals surface area contributed by atoms with Crippen molar-refractivity contribution < 1.29 is 4.74 Å². The third-order valence-electron chi connectivity index (χ3n) is 3.88. The first-order chi connectivity index (χ1) is 9.74. The number of pyridine rings is 1. The summed E-state index contributed by atoms with van der Waals surface area (Å²) in [5.41, 5.74) is 11.1. The number of aryl methyl sites for hydroxylation is 1. The van der Waals surface area contributed by atoms with E-state index >= 15 is 0 Å². The molecule has 0 fully saturated rings. The third-order valence-corrected chi connectivity index (χ3v) is 3.88. The average molecular weight is 268 g/mol. The van der Waals surface area contributed by atoms with Crippen LogP contribution in [-0.2, 0) is 11.2 Å². The van der Waals surface area contributed by atoms with Crippen LogP contribution in [0, 0.1) is 6.92 Å². The van der Waals surface area contributed by atoms with Gasteiger partial charge in [-0.1, -0.05) is 24.3 Å². The molecule has 1 aliphatic rings. The lowest BCUT2D eigenvalue weighted by molar-refractivity contribution is 0.0317. The zero-order valence-electron chi connectivity index (χ0n) is 11.8. The van der Waals surface area contributed by atoms with Gasteiger partial charge in [0.1, 0.15) is 0 Å². The Morgan fingerprint density at radius 2 is 2.20 bits per heavy atom. The van der Waals surface area contributed by atoms with Crippen LogP contribution in [0.5, 0.6) is 0 Å². The molecular weight excluding hydrogens is 248 g/mol. The van der Waals surface area contributed by atoms with Crippen LogP contribution in [0.2, 0.25) is 0 Å². The monoisotopic (exact) mass is 268 g/mol. The molecule has 3 nitrogen and oxygen atoms in total. The number of aromatic nitrogens is 1. The van der Waals surface area contributed by atoms with Crippen molar-refractivity contribution in [2.75, 3.05) is 6.61 Å². The normalized spacial score (nSPS) is 19.4. The minimum absolute atomic E-state index is 0.0808. The van der Waals surface area contributed by atoms with Crippen LogP contribution in [0.4, 0.5) is 0 Å². The van der Waals surface area contributed by atoms with Gasteiger partial charge in [0.05, 0.1) is 18.4 Å². The van der Waals surface area contributed by atoms with Crippen LogP contribution in [-0.4, -0.2) is 11.6 Å². The number of nitrogens with two attached hydrogens (primary N) is 1. The van der Waals surface area contributed by atoms with E-state index in [1.807, 2.05) is 12.3 Å².